The Morgan fingerprint density at radius 1 is 1.19 bits per heavy atom. The van der Waals surface area contributed by atoms with Gasteiger partial charge in [-0.1, -0.05) is 31.5 Å². The van der Waals surface area contributed by atoms with Crippen LogP contribution in [0.5, 0.6) is 0 Å². The first-order valence-electron chi connectivity index (χ1n) is 8.64. The third-order valence-electron chi connectivity index (χ3n) is 5.57. The maximum absolute atomic E-state index is 3.87. The van der Waals surface area contributed by atoms with Gasteiger partial charge in [0.1, 0.15) is 0 Å². The van der Waals surface area contributed by atoms with E-state index in [1.165, 1.54) is 61.7 Å². The highest BCUT2D eigenvalue weighted by Gasteiger charge is 2.26. The summed E-state index contributed by atoms with van der Waals surface area (Å²) in [6.07, 6.45) is 8.09. The van der Waals surface area contributed by atoms with Gasteiger partial charge in [0, 0.05) is 22.6 Å². The van der Waals surface area contributed by atoms with Crippen LogP contribution >= 0.6 is 0 Å². The molecule has 1 fully saturated rings. The topological polar surface area (TPSA) is 27.8 Å². The Kier molecular flexibility index (Phi) is 3.50. The largest absolute Gasteiger partial charge is 0.357 e. The molecular weight excluding hydrogens is 256 g/mol. The maximum atomic E-state index is 3.87. The Bertz CT molecular complexity index is 628. The Morgan fingerprint density at radius 2 is 2.10 bits per heavy atom. The second-order valence-corrected chi connectivity index (χ2v) is 7.20. The van der Waals surface area contributed by atoms with Crippen LogP contribution in [0, 0.1) is 11.8 Å². The molecule has 2 aliphatic rings. The number of para-hydroxylation sites is 1. The third kappa shape index (κ3) is 2.50. The number of hydrogen-bond donors (Lipinski definition) is 2. The van der Waals surface area contributed by atoms with Crippen molar-refractivity contribution >= 4 is 10.9 Å². The number of aryl methyl sites for hydroxylation is 1. The summed E-state index contributed by atoms with van der Waals surface area (Å²) in [5.74, 6) is 1.83. The number of nitrogens with one attached hydrogen (secondary N) is 2. The van der Waals surface area contributed by atoms with E-state index < -0.39 is 0 Å². The van der Waals surface area contributed by atoms with Crippen molar-refractivity contribution in [1.82, 2.24) is 10.3 Å². The van der Waals surface area contributed by atoms with Crippen LogP contribution in [0.1, 0.15) is 56.3 Å². The predicted molar refractivity (Wildman–Crippen MR) is 88.5 cm³/mol. The van der Waals surface area contributed by atoms with E-state index in [4.69, 9.17) is 0 Å². The Balaban J connectivity index is 1.53. The molecule has 21 heavy (non-hydrogen) atoms. The van der Waals surface area contributed by atoms with Gasteiger partial charge >= 0.3 is 0 Å². The molecule has 1 aromatic heterocycles. The predicted octanol–water partition coefficient (Wildman–Crippen LogP) is 4.57. The summed E-state index contributed by atoms with van der Waals surface area (Å²) < 4.78 is 0. The molecule has 2 N–H and O–H groups in total. The molecule has 0 aliphatic heterocycles. The number of H-pyrrole nitrogens is 1. The molecule has 0 spiro atoms. The molecule has 0 bridgehead atoms. The molecular formula is C19H26N2. The molecule has 2 nitrogen and oxygen atoms in total. The lowest BCUT2D eigenvalue weighted by Gasteiger charge is -2.25. The molecule has 2 aromatic rings. The third-order valence-corrected chi connectivity index (χ3v) is 5.57. The Morgan fingerprint density at radius 3 is 2.95 bits per heavy atom. The lowest BCUT2D eigenvalue weighted by Crippen LogP contribution is -2.29. The minimum atomic E-state index is 0.539. The lowest BCUT2D eigenvalue weighted by molar-refractivity contribution is 0.394. The number of fused-ring (bicyclic) bond motifs is 3. The fourth-order valence-corrected chi connectivity index (χ4v) is 4.44. The zero-order chi connectivity index (χ0) is 14.2. The second-order valence-electron chi connectivity index (χ2n) is 7.20. The molecule has 4 rings (SSSR count). The van der Waals surface area contributed by atoms with Crippen LogP contribution in [0.15, 0.2) is 24.3 Å². The number of benzene rings is 1. The van der Waals surface area contributed by atoms with E-state index in [1.54, 1.807) is 5.56 Å². The van der Waals surface area contributed by atoms with E-state index >= 15 is 0 Å². The number of rotatable bonds is 3. The molecule has 2 aliphatic carbocycles. The average molecular weight is 282 g/mol. The SMILES string of the molecule is CC1CCC(CNC2CCCc3c2[nH]c2ccccc32)C1. The smallest absolute Gasteiger partial charge is 0.0476 e. The normalized spacial score (nSPS) is 28.9. The van der Waals surface area contributed by atoms with Crippen LogP contribution in [0.25, 0.3) is 10.9 Å². The highest BCUT2D eigenvalue weighted by Crippen LogP contribution is 2.35. The molecule has 1 saturated carbocycles. The summed E-state index contributed by atoms with van der Waals surface area (Å²) in [5.41, 5.74) is 4.34. The highest BCUT2D eigenvalue weighted by atomic mass is 15.0. The van der Waals surface area contributed by atoms with Crippen LogP contribution < -0.4 is 5.32 Å². The van der Waals surface area contributed by atoms with Gasteiger partial charge in [0.15, 0.2) is 0 Å². The van der Waals surface area contributed by atoms with Crippen LogP contribution in [-0.2, 0) is 6.42 Å². The maximum Gasteiger partial charge on any atom is 0.0476 e. The first-order valence-corrected chi connectivity index (χ1v) is 8.64. The molecule has 3 unspecified atom stereocenters. The lowest BCUT2D eigenvalue weighted by atomic mass is 9.91. The first-order chi connectivity index (χ1) is 10.3. The number of aromatic nitrogens is 1. The minimum Gasteiger partial charge on any atom is -0.357 e. The van der Waals surface area contributed by atoms with Gasteiger partial charge in [0.25, 0.3) is 0 Å². The first kappa shape index (κ1) is 13.4. The molecule has 2 heteroatoms. The van der Waals surface area contributed by atoms with Crippen LogP contribution in [-0.4, -0.2) is 11.5 Å². The van der Waals surface area contributed by atoms with Gasteiger partial charge in [-0.2, -0.15) is 0 Å². The average Bonchev–Trinajstić information content (AvgIpc) is 3.09. The van der Waals surface area contributed by atoms with E-state index in [2.05, 4.69) is 41.5 Å². The van der Waals surface area contributed by atoms with Crippen molar-refractivity contribution < 1.29 is 0 Å². The minimum absolute atomic E-state index is 0.539. The summed E-state index contributed by atoms with van der Waals surface area (Å²) >= 11 is 0. The zero-order valence-electron chi connectivity index (χ0n) is 13.0. The summed E-state index contributed by atoms with van der Waals surface area (Å²) in [6.45, 7) is 3.60. The van der Waals surface area contributed by atoms with Crippen molar-refractivity contribution in [2.45, 2.75) is 51.5 Å². The van der Waals surface area contributed by atoms with Crippen molar-refractivity contribution in [2.24, 2.45) is 11.8 Å². The molecule has 0 amide bonds. The van der Waals surface area contributed by atoms with Crippen molar-refractivity contribution in [2.75, 3.05) is 6.54 Å². The molecule has 1 aromatic carbocycles. The fourth-order valence-electron chi connectivity index (χ4n) is 4.44. The highest BCUT2D eigenvalue weighted by molar-refractivity contribution is 5.85. The summed E-state index contributed by atoms with van der Waals surface area (Å²) in [7, 11) is 0. The summed E-state index contributed by atoms with van der Waals surface area (Å²) in [6, 6.07) is 9.31. The number of hydrogen-bond acceptors (Lipinski definition) is 1. The van der Waals surface area contributed by atoms with Crippen LogP contribution in [0.4, 0.5) is 0 Å². The fraction of sp³-hybridized carbons (Fsp3) is 0.579. The standard InChI is InChI=1S/C19H26N2/c1-13-9-10-14(11-13)12-20-18-8-4-6-16-15-5-2-3-7-17(15)21-19(16)18/h2-3,5,7,13-14,18,20-21H,4,6,8-12H2,1H3. The molecule has 3 atom stereocenters. The van der Waals surface area contributed by atoms with Crippen LogP contribution in [0.2, 0.25) is 0 Å². The van der Waals surface area contributed by atoms with Gasteiger partial charge in [-0.3, -0.25) is 0 Å². The Hall–Kier alpha value is -1.28. The van der Waals surface area contributed by atoms with E-state index in [1.807, 2.05) is 0 Å². The van der Waals surface area contributed by atoms with E-state index in [0.29, 0.717) is 6.04 Å². The quantitative estimate of drug-likeness (QED) is 0.848. The summed E-state index contributed by atoms with van der Waals surface area (Å²) in [5, 5.41) is 5.31. The number of aromatic amines is 1. The summed E-state index contributed by atoms with van der Waals surface area (Å²) in [4.78, 5) is 3.69. The second kappa shape index (κ2) is 5.49. The van der Waals surface area contributed by atoms with Gasteiger partial charge in [-0.25, -0.2) is 0 Å². The molecule has 0 radical (unpaired) electrons. The van der Waals surface area contributed by atoms with Crippen LogP contribution in [0.3, 0.4) is 0 Å². The van der Waals surface area contributed by atoms with Crippen molar-refractivity contribution in [3.63, 3.8) is 0 Å². The monoisotopic (exact) mass is 282 g/mol. The van der Waals surface area contributed by atoms with Crippen molar-refractivity contribution in [3.05, 3.63) is 35.5 Å². The van der Waals surface area contributed by atoms with E-state index in [-0.39, 0.29) is 0 Å². The van der Waals surface area contributed by atoms with E-state index in [0.717, 1.165) is 11.8 Å². The molecule has 1 heterocycles. The van der Waals surface area contributed by atoms with Gasteiger partial charge in [-0.05, 0) is 62.1 Å². The van der Waals surface area contributed by atoms with Crippen molar-refractivity contribution in [1.29, 1.82) is 0 Å². The molecule has 112 valence electrons. The van der Waals surface area contributed by atoms with E-state index in [9.17, 15) is 0 Å². The molecule has 0 saturated heterocycles. The van der Waals surface area contributed by atoms with Gasteiger partial charge in [0.2, 0.25) is 0 Å². The van der Waals surface area contributed by atoms with Gasteiger partial charge in [-0.15, -0.1) is 0 Å². The van der Waals surface area contributed by atoms with Gasteiger partial charge < -0.3 is 10.3 Å². The van der Waals surface area contributed by atoms with Crippen molar-refractivity contribution in [3.8, 4) is 0 Å². The zero-order valence-corrected chi connectivity index (χ0v) is 13.0. The Labute approximate surface area is 127 Å². The van der Waals surface area contributed by atoms with Gasteiger partial charge in [0.05, 0.1) is 0 Å².